The van der Waals surface area contributed by atoms with Gasteiger partial charge in [-0.1, -0.05) is 34.6 Å². The van der Waals surface area contributed by atoms with Gasteiger partial charge in [0.25, 0.3) is 0 Å². The summed E-state index contributed by atoms with van der Waals surface area (Å²) in [5, 5.41) is 0. The molecule has 4 heteroatoms. The Labute approximate surface area is 150 Å². The topological polar surface area (TPSA) is 15.8 Å². The maximum absolute atomic E-state index is 3.10. The van der Waals surface area contributed by atoms with Crippen LogP contribution in [0.3, 0.4) is 0 Å². The number of aromatic nitrogens is 1. The van der Waals surface area contributed by atoms with Crippen LogP contribution in [-0.2, 0) is 27.1 Å². The van der Waals surface area contributed by atoms with E-state index in [0.29, 0.717) is 0 Å². The normalized spacial score (nSPS) is 11.6. The Bertz CT molecular complexity index is 420. The Morgan fingerprint density at radius 1 is 1.15 bits per heavy atom. The van der Waals surface area contributed by atoms with Gasteiger partial charge in [0.15, 0.2) is 0 Å². The molecule has 0 unspecified atom stereocenters. The van der Waals surface area contributed by atoms with E-state index in [1.807, 2.05) is 18.3 Å². The summed E-state index contributed by atoms with van der Waals surface area (Å²) in [5.41, 5.74) is 4.03. The zero-order valence-electron chi connectivity index (χ0n) is 12.6. The monoisotopic (exact) mass is 345 g/mol. The van der Waals surface area contributed by atoms with E-state index in [9.17, 15) is 0 Å². The number of H-pyrrole nitrogens is 1. The molecule has 1 heterocycles. The Kier molecular flexibility index (Phi) is 14.2. The molecular formula is C16H21Cl2NTi. The maximum Gasteiger partial charge on any atom is 4.00 e. The predicted octanol–water partition coefficient (Wildman–Crippen LogP) is -1.63. The van der Waals surface area contributed by atoms with Crippen LogP contribution in [0.1, 0.15) is 40.2 Å². The molecule has 2 rings (SSSR count). The van der Waals surface area contributed by atoms with Gasteiger partial charge in [0.1, 0.15) is 0 Å². The van der Waals surface area contributed by atoms with Gasteiger partial charge < -0.3 is 29.8 Å². The molecule has 0 bridgehead atoms. The Hall–Kier alpha value is -0.206. The summed E-state index contributed by atoms with van der Waals surface area (Å²) in [6.45, 7) is 10.7. The second-order valence-corrected chi connectivity index (χ2v) is 5.35. The van der Waals surface area contributed by atoms with Crippen LogP contribution in [0, 0.1) is 12.3 Å². The molecule has 0 spiro atoms. The molecule has 0 fully saturated rings. The molecule has 1 aromatic heterocycles. The minimum Gasteiger partial charge on any atom is -1.00 e. The van der Waals surface area contributed by atoms with Gasteiger partial charge in [0.2, 0.25) is 0 Å². The number of aromatic amines is 1. The molecule has 1 aromatic rings. The molecule has 0 saturated carbocycles. The van der Waals surface area contributed by atoms with Gasteiger partial charge >= 0.3 is 21.7 Å². The van der Waals surface area contributed by atoms with Crippen LogP contribution in [0.4, 0.5) is 0 Å². The number of hydrogen-bond acceptors (Lipinski definition) is 0. The summed E-state index contributed by atoms with van der Waals surface area (Å²) in [7, 11) is 0. The SMILES string of the molecule is CC(C)(C)c1[c-][nH]cc1.CC(C)=C1[C-]=CC=C1.[Cl-].[Cl-].[Ti+4]. The van der Waals surface area contributed by atoms with Crippen molar-refractivity contribution in [2.45, 2.75) is 40.0 Å². The first kappa shape index (κ1) is 24.8. The van der Waals surface area contributed by atoms with Crippen LogP contribution in [0.15, 0.2) is 41.6 Å². The maximum atomic E-state index is 3.10. The molecule has 1 nitrogen and oxygen atoms in total. The second kappa shape index (κ2) is 11.5. The van der Waals surface area contributed by atoms with Crippen molar-refractivity contribution in [1.29, 1.82) is 0 Å². The van der Waals surface area contributed by atoms with E-state index in [2.05, 4.69) is 64.0 Å². The van der Waals surface area contributed by atoms with Crippen LogP contribution < -0.4 is 24.8 Å². The van der Waals surface area contributed by atoms with Gasteiger partial charge in [-0.3, -0.25) is 0 Å². The number of rotatable bonds is 0. The first-order valence-electron chi connectivity index (χ1n) is 5.90. The van der Waals surface area contributed by atoms with E-state index in [0.717, 1.165) is 0 Å². The van der Waals surface area contributed by atoms with Crippen LogP contribution >= 0.6 is 0 Å². The standard InChI is InChI=1S/C8H12N.C8H9.2ClH.Ti/c1-8(2,3)7-4-5-9-6-7;1-7(2)8-5-3-4-6-8;;;/h4-5,9H,1-3H3;3-5H,1-2H3;2*1H;/q2*-1;;;+4/p-2. The molecule has 0 radical (unpaired) electrons. The molecule has 0 atom stereocenters. The fourth-order valence-electron chi connectivity index (χ4n) is 1.36. The van der Waals surface area contributed by atoms with E-state index in [1.165, 1.54) is 16.7 Å². The Balaban J connectivity index is -0.000000252. The molecule has 0 amide bonds. The van der Waals surface area contributed by atoms with Crippen molar-refractivity contribution in [3.8, 4) is 0 Å². The first-order valence-corrected chi connectivity index (χ1v) is 5.90. The largest absolute Gasteiger partial charge is 4.00 e. The van der Waals surface area contributed by atoms with Gasteiger partial charge in [-0.2, -0.15) is 36.1 Å². The van der Waals surface area contributed by atoms with Crippen molar-refractivity contribution in [2.75, 3.05) is 0 Å². The number of nitrogens with one attached hydrogen (secondary N) is 1. The van der Waals surface area contributed by atoms with Gasteiger partial charge in [-0.15, -0.1) is 23.4 Å². The molecule has 108 valence electrons. The van der Waals surface area contributed by atoms with Crippen LogP contribution in [0.25, 0.3) is 0 Å². The van der Waals surface area contributed by atoms with E-state index < -0.39 is 0 Å². The fraction of sp³-hybridized carbons (Fsp3) is 0.375. The molecule has 0 aromatic carbocycles. The number of allylic oxidation sites excluding steroid dienone is 6. The Morgan fingerprint density at radius 2 is 1.75 bits per heavy atom. The second-order valence-electron chi connectivity index (χ2n) is 5.35. The third kappa shape index (κ3) is 8.86. The van der Waals surface area contributed by atoms with Crippen molar-refractivity contribution < 1.29 is 46.5 Å². The third-order valence-electron chi connectivity index (χ3n) is 2.48. The number of hydrogen-bond donors (Lipinski definition) is 1. The molecule has 1 N–H and O–H groups in total. The quantitative estimate of drug-likeness (QED) is 0.429. The van der Waals surface area contributed by atoms with Crippen LogP contribution in [0.5, 0.6) is 0 Å². The Morgan fingerprint density at radius 3 is 1.95 bits per heavy atom. The first-order chi connectivity index (χ1) is 7.91. The van der Waals surface area contributed by atoms with E-state index in [4.69, 9.17) is 0 Å². The summed E-state index contributed by atoms with van der Waals surface area (Å²) in [5.74, 6) is 0. The number of halogens is 2. The van der Waals surface area contributed by atoms with Gasteiger partial charge in [0, 0.05) is 0 Å². The molecule has 1 aliphatic rings. The van der Waals surface area contributed by atoms with Gasteiger partial charge in [-0.25, -0.2) is 0 Å². The molecule has 20 heavy (non-hydrogen) atoms. The summed E-state index contributed by atoms with van der Waals surface area (Å²) < 4.78 is 0. The smallest absolute Gasteiger partial charge is 1.00 e. The van der Waals surface area contributed by atoms with E-state index in [1.54, 1.807) is 0 Å². The molecule has 0 saturated heterocycles. The molecule has 1 aliphatic carbocycles. The van der Waals surface area contributed by atoms with E-state index >= 15 is 0 Å². The van der Waals surface area contributed by atoms with Crippen molar-refractivity contribution in [1.82, 2.24) is 4.98 Å². The summed E-state index contributed by atoms with van der Waals surface area (Å²) in [6.07, 6.45) is 14.1. The minimum atomic E-state index is 0. The minimum absolute atomic E-state index is 0. The average molecular weight is 346 g/mol. The fourth-order valence-corrected chi connectivity index (χ4v) is 1.36. The van der Waals surface area contributed by atoms with Gasteiger partial charge in [-0.05, 0) is 5.41 Å². The summed E-state index contributed by atoms with van der Waals surface area (Å²) >= 11 is 0. The van der Waals surface area contributed by atoms with E-state index in [-0.39, 0.29) is 51.9 Å². The van der Waals surface area contributed by atoms with Crippen molar-refractivity contribution in [3.63, 3.8) is 0 Å². The summed E-state index contributed by atoms with van der Waals surface area (Å²) in [6, 6.07) is 2.06. The average Bonchev–Trinajstić information content (AvgIpc) is 2.92. The van der Waals surface area contributed by atoms with Crippen LogP contribution in [0.2, 0.25) is 0 Å². The van der Waals surface area contributed by atoms with Crippen molar-refractivity contribution in [2.24, 2.45) is 0 Å². The third-order valence-corrected chi connectivity index (χ3v) is 2.48. The zero-order chi connectivity index (χ0) is 12.9. The zero-order valence-corrected chi connectivity index (χ0v) is 15.7. The van der Waals surface area contributed by atoms with Crippen molar-refractivity contribution in [3.05, 3.63) is 59.5 Å². The van der Waals surface area contributed by atoms with Gasteiger partial charge in [0.05, 0.1) is 0 Å². The molecular weight excluding hydrogens is 325 g/mol. The van der Waals surface area contributed by atoms with Crippen molar-refractivity contribution >= 4 is 0 Å². The summed E-state index contributed by atoms with van der Waals surface area (Å²) in [4.78, 5) is 2.91. The van der Waals surface area contributed by atoms with Crippen LogP contribution in [-0.4, -0.2) is 4.98 Å². The molecule has 0 aliphatic heterocycles. The predicted molar refractivity (Wildman–Crippen MR) is 73.7 cm³/mol.